The lowest BCUT2D eigenvalue weighted by Gasteiger charge is -2.27. The van der Waals surface area contributed by atoms with Gasteiger partial charge in [0.25, 0.3) is 0 Å². The molecule has 2 aliphatic rings. The molecule has 2 atom stereocenters. The summed E-state index contributed by atoms with van der Waals surface area (Å²) in [4.78, 5) is 13.4. The number of rotatable bonds is 8. The number of allylic oxidation sites excluding steroid dienone is 4. The third kappa shape index (κ3) is 4.82. The molecule has 3 aromatic carbocycles. The Balaban J connectivity index is 1.39. The summed E-state index contributed by atoms with van der Waals surface area (Å²) in [6.07, 6.45) is 11.1. The van der Waals surface area contributed by atoms with Gasteiger partial charge in [-0.15, -0.1) is 0 Å². The molecule has 3 aromatic rings. The van der Waals surface area contributed by atoms with Gasteiger partial charge >= 0.3 is 0 Å². The summed E-state index contributed by atoms with van der Waals surface area (Å²) in [5, 5.41) is 0. The molecular weight excluding hydrogens is 424 g/mol. The van der Waals surface area contributed by atoms with Crippen molar-refractivity contribution in [2.75, 3.05) is 0 Å². The summed E-state index contributed by atoms with van der Waals surface area (Å²) in [5.74, 6) is 0.844. The molecule has 178 valence electrons. The molecule has 0 aromatic heterocycles. The van der Waals surface area contributed by atoms with Crippen molar-refractivity contribution in [1.82, 2.24) is 0 Å². The highest BCUT2D eigenvalue weighted by Crippen LogP contribution is 2.46. The Morgan fingerprint density at radius 2 is 1.49 bits per heavy atom. The highest BCUT2D eigenvalue weighted by atomic mass is 16.1. The number of Topliss-reactive ketones (excluding diaryl/α,β-unsaturated/α-hetero) is 1. The highest BCUT2D eigenvalue weighted by Gasteiger charge is 2.30. The van der Waals surface area contributed by atoms with Crippen molar-refractivity contribution in [2.45, 2.75) is 64.7 Å². The molecular formula is C34H36O. The van der Waals surface area contributed by atoms with Crippen molar-refractivity contribution in [3.8, 4) is 0 Å². The largest absolute Gasteiger partial charge is 0.299 e. The fourth-order valence-electron chi connectivity index (χ4n) is 6.15. The van der Waals surface area contributed by atoms with Crippen LogP contribution in [0.4, 0.5) is 0 Å². The third-order valence-electron chi connectivity index (χ3n) is 8.07. The third-order valence-corrected chi connectivity index (χ3v) is 8.07. The number of hydrogen-bond acceptors (Lipinski definition) is 1. The molecule has 0 saturated heterocycles. The van der Waals surface area contributed by atoms with Gasteiger partial charge in [-0.1, -0.05) is 104 Å². The highest BCUT2D eigenvalue weighted by molar-refractivity contribution is 5.84. The van der Waals surface area contributed by atoms with Crippen molar-refractivity contribution < 1.29 is 4.79 Å². The lowest BCUT2D eigenvalue weighted by molar-refractivity contribution is -0.123. The smallest absolute Gasteiger partial charge is 0.136 e. The van der Waals surface area contributed by atoms with Gasteiger partial charge in [0.15, 0.2) is 0 Å². The molecule has 0 heterocycles. The second kappa shape index (κ2) is 10.6. The molecule has 0 fully saturated rings. The Kier molecular flexibility index (Phi) is 7.13. The molecule has 1 heteroatoms. The Labute approximate surface area is 210 Å². The van der Waals surface area contributed by atoms with Gasteiger partial charge in [0, 0.05) is 18.3 Å². The Hall–Kier alpha value is -3.19. The van der Waals surface area contributed by atoms with Gasteiger partial charge in [-0.05, 0) is 77.5 Å². The van der Waals surface area contributed by atoms with E-state index in [0.29, 0.717) is 12.2 Å². The van der Waals surface area contributed by atoms with E-state index in [0.717, 1.165) is 38.5 Å². The lowest BCUT2D eigenvalue weighted by atomic mass is 9.77. The van der Waals surface area contributed by atoms with Crippen LogP contribution in [-0.2, 0) is 30.5 Å². The molecule has 0 spiro atoms. The molecule has 2 unspecified atom stereocenters. The van der Waals surface area contributed by atoms with Crippen LogP contribution in [0.1, 0.15) is 72.4 Å². The van der Waals surface area contributed by atoms with Gasteiger partial charge in [0.05, 0.1) is 0 Å². The van der Waals surface area contributed by atoms with Crippen molar-refractivity contribution in [3.05, 3.63) is 124 Å². The minimum absolute atomic E-state index is 0.168. The van der Waals surface area contributed by atoms with Gasteiger partial charge in [-0.2, -0.15) is 0 Å². The van der Waals surface area contributed by atoms with Crippen LogP contribution in [0.3, 0.4) is 0 Å². The van der Waals surface area contributed by atoms with Crippen molar-refractivity contribution in [1.29, 1.82) is 0 Å². The first-order valence-electron chi connectivity index (χ1n) is 13.4. The zero-order valence-corrected chi connectivity index (χ0v) is 21.1. The van der Waals surface area contributed by atoms with E-state index in [1.54, 1.807) is 0 Å². The molecule has 0 N–H and O–H groups in total. The first-order chi connectivity index (χ1) is 17.2. The SMILES string of the molecule is CCc1cccc(CC)c1C1C(CCC(=O)C2CCc3ccccc3C2)=CC=C1c1ccccc1. The van der Waals surface area contributed by atoms with Crippen LogP contribution in [-0.4, -0.2) is 5.78 Å². The number of hydrogen-bond donors (Lipinski definition) is 0. The molecule has 0 radical (unpaired) electrons. The second-order valence-electron chi connectivity index (χ2n) is 10.0. The minimum atomic E-state index is 0.168. The molecule has 0 amide bonds. The molecule has 0 saturated carbocycles. The predicted octanol–water partition coefficient (Wildman–Crippen LogP) is 8.07. The normalized spacial score (nSPS) is 19.1. The standard InChI is InChI=1S/C34H36O/c1-3-24-15-10-16-25(4-2)33(24)34-28(19-21-31(34)27-12-6-5-7-13-27)20-22-32(35)30-18-17-26-11-8-9-14-29(26)23-30/h5-16,19,21,30,34H,3-4,17-18,20,22-23H2,1-2H3. The van der Waals surface area contributed by atoms with Crippen LogP contribution in [0.15, 0.2) is 90.5 Å². The average Bonchev–Trinajstić information content (AvgIpc) is 3.34. The van der Waals surface area contributed by atoms with E-state index < -0.39 is 0 Å². The fraction of sp³-hybridized carbons (Fsp3) is 0.324. The molecule has 2 aliphatic carbocycles. The number of aryl methyl sites for hydroxylation is 3. The fourth-order valence-corrected chi connectivity index (χ4v) is 6.15. The van der Waals surface area contributed by atoms with Gasteiger partial charge in [0.1, 0.15) is 5.78 Å². The van der Waals surface area contributed by atoms with Gasteiger partial charge in [-0.3, -0.25) is 4.79 Å². The van der Waals surface area contributed by atoms with Crippen LogP contribution < -0.4 is 0 Å². The van der Waals surface area contributed by atoms with Gasteiger partial charge in [0.2, 0.25) is 0 Å². The average molecular weight is 461 g/mol. The van der Waals surface area contributed by atoms with E-state index in [1.807, 2.05) is 0 Å². The lowest BCUT2D eigenvalue weighted by Crippen LogP contribution is -2.23. The maximum absolute atomic E-state index is 13.4. The second-order valence-corrected chi connectivity index (χ2v) is 10.0. The van der Waals surface area contributed by atoms with Crippen molar-refractivity contribution in [2.24, 2.45) is 5.92 Å². The van der Waals surface area contributed by atoms with E-state index >= 15 is 0 Å². The van der Waals surface area contributed by atoms with Crippen LogP contribution in [0.25, 0.3) is 5.57 Å². The summed E-state index contributed by atoms with van der Waals surface area (Å²) in [6, 6.07) is 26.2. The van der Waals surface area contributed by atoms with Crippen LogP contribution in [0, 0.1) is 5.92 Å². The number of ketones is 1. The first kappa shape index (κ1) is 23.5. The number of carbonyl (C=O) groups excluding carboxylic acids is 1. The molecule has 1 nitrogen and oxygen atoms in total. The van der Waals surface area contributed by atoms with E-state index in [4.69, 9.17) is 0 Å². The topological polar surface area (TPSA) is 17.1 Å². The van der Waals surface area contributed by atoms with Crippen molar-refractivity contribution in [3.63, 3.8) is 0 Å². The molecule has 35 heavy (non-hydrogen) atoms. The number of benzene rings is 3. The van der Waals surface area contributed by atoms with E-state index in [2.05, 4.69) is 98.8 Å². The van der Waals surface area contributed by atoms with Crippen LogP contribution in [0.2, 0.25) is 0 Å². The summed E-state index contributed by atoms with van der Waals surface area (Å²) in [5.41, 5.74) is 11.2. The van der Waals surface area contributed by atoms with Gasteiger partial charge < -0.3 is 0 Å². The maximum Gasteiger partial charge on any atom is 0.136 e. The van der Waals surface area contributed by atoms with Crippen LogP contribution >= 0.6 is 0 Å². The summed E-state index contributed by atoms with van der Waals surface area (Å²) in [7, 11) is 0. The summed E-state index contributed by atoms with van der Waals surface area (Å²) in [6.45, 7) is 4.51. The Morgan fingerprint density at radius 1 is 0.800 bits per heavy atom. The quantitative estimate of drug-likeness (QED) is 0.332. The van der Waals surface area contributed by atoms with E-state index in [9.17, 15) is 4.79 Å². The molecule has 5 rings (SSSR count). The molecule has 0 aliphatic heterocycles. The summed E-state index contributed by atoms with van der Waals surface area (Å²) < 4.78 is 0. The van der Waals surface area contributed by atoms with E-state index in [1.165, 1.54) is 44.5 Å². The number of fused-ring (bicyclic) bond motifs is 1. The van der Waals surface area contributed by atoms with Crippen LogP contribution in [0.5, 0.6) is 0 Å². The zero-order valence-electron chi connectivity index (χ0n) is 21.1. The number of carbonyl (C=O) groups is 1. The Bertz CT molecular complexity index is 1240. The summed E-state index contributed by atoms with van der Waals surface area (Å²) >= 11 is 0. The van der Waals surface area contributed by atoms with Gasteiger partial charge in [-0.25, -0.2) is 0 Å². The Morgan fingerprint density at radius 3 is 2.20 bits per heavy atom. The first-order valence-corrected chi connectivity index (χ1v) is 13.4. The minimum Gasteiger partial charge on any atom is -0.299 e. The predicted molar refractivity (Wildman–Crippen MR) is 147 cm³/mol. The van der Waals surface area contributed by atoms with E-state index in [-0.39, 0.29) is 11.8 Å². The molecule has 0 bridgehead atoms. The van der Waals surface area contributed by atoms with Crippen molar-refractivity contribution >= 4 is 11.4 Å². The zero-order chi connectivity index (χ0) is 24.2. The maximum atomic E-state index is 13.4. The monoisotopic (exact) mass is 460 g/mol.